The van der Waals surface area contributed by atoms with Crippen LogP contribution in [-0.4, -0.2) is 24.8 Å². The van der Waals surface area contributed by atoms with Gasteiger partial charge in [-0.05, 0) is 13.0 Å². The van der Waals surface area contributed by atoms with E-state index in [0.717, 1.165) is 5.69 Å². The number of hydrogen-bond acceptors (Lipinski definition) is 4. The summed E-state index contributed by atoms with van der Waals surface area (Å²) < 4.78 is 1.35. The molecular formula is C11H9N5O2. The summed E-state index contributed by atoms with van der Waals surface area (Å²) in [6.45, 7) is 1.84. The molecule has 0 fully saturated rings. The Morgan fingerprint density at radius 1 is 1.17 bits per heavy atom. The standard InChI is InChI=1S/C11H9N5O2/c1-6-4-9-12-8(5-11(18)16(9)15-6)7-2-3-10(17)14-13-7/h2-5,15H,1H3,(H,14,17). The van der Waals surface area contributed by atoms with Crippen LogP contribution in [0.4, 0.5) is 0 Å². The van der Waals surface area contributed by atoms with E-state index in [9.17, 15) is 9.59 Å². The highest BCUT2D eigenvalue weighted by molar-refractivity contribution is 5.56. The van der Waals surface area contributed by atoms with Crippen LogP contribution in [0.1, 0.15) is 5.69 Å². The van der Waals surface area contributed by atoms with E-state index in [1.807, 2.05) is 6.92 Å². The minimum atomic E-state index is -0.297. The van der Waals surface area contributed by atoms with Crippen LogP contribution in [0.25, 0.3) is 17.0 Å². The average Bonchev–Trinajstić information content (AvgIpc) is 2.71. The van der Waals surface area contributed by atoms with E-state index in [2.05, 4.69) is 20.3 Å². The van der Waals surface area contributed by atoms with Gasteiger partial charge in [0, 0.05) is 23.9 Å². The van der Waals surface area contributed by atoms with E-state index >= 15 is 0 Å². The highest BCUT2D eigenvalue weighted by atomic mass is 16.1. The van der Waals surface area contributed by atoms with Crippen LogP contribution in [0, 0.1) is 6.92 Å². The zero-order chi connectivity index (χ0) is 12.7. The third-order valence-electron chi connectivity index (χ3n) is 2.52. The maximum absolute atomic E-state index is 11.8. The second kappa shape index (κ2) is 3.66. The second-order valence-electron chi connectivity index (χ2n) is 3.92. The third-order valence-corrected chi connectivity index (χ3v) is 2.52. The van der Waals surface area contributed by atoms with E-state index in [-0.39, 0.29) is 11.1 Å². The number of aryl methyl sites for hydroxylation is 1. The first-order chi connectivity index (χ1) is 8.63. The first-order valence-electron chi connectivity index (χ1n) is 5.29. The lowest BCUT2D eigenvalue weighted by Crippen LogP contribution is -2.15. The van der Waals surface area contributed by atoms with E-state index in [1.54, 1.807) is 6.07 Å². The lowest BCUT2D eigenvalue weighted by molar-refractivity contribution is 0.879. The summed E-state index contributed by atoms with van der Waals surface area (Å²) in [7, 11) is 0. The van der Waals surface area contributed by atoms with Gasteiger partial charge in [-0.1, -0.05) is 0 Å². The Kier molecular flexibility index (Phi) is 2.12. The molecule has 18 heavy (non-hydrogen) atoms. The predicted octanol–water partition coefficient (Wildman–Crippen LogP) is 0.0813. The molecule has 0 amide bonds. The smallest absolute Gasteiger partial charge is 0.273 e. The Morgan fingerprint density at radius 2 is 2.00 bits per heavy atom. The van der Waals surface area contributed by atoms with Crippen molar-refractivity contribution in [1.82, 2.24) is 24.8 Å². The largest absolute Gasteiger partial charge is 0.294 e. The normalized spacial score (nSPS) is 10.9. The topological polar surface area (TPSA) is 95.9 Å². The van der Waals surface area contributed by atoms with Crippen LogP contribution >= 0.6 is 0 Å². The Hall–Kier alpha value is -2.70. The maximum Gasteiger partial charge on any atom is 0.273 e. The number of fused-ring (bicyclic) bond motifs is 1. The van der Waals surface area contributed by atoms with E-state index < -0.39 is 0 Å². The van der Waals surface area contributed by atoms with Crippen molar-refractivity contribution < 1.29 is 0 Å². The monoisotopic (exact) mass is 243 g/mol. The minimum Gasteiger partial charge on any atom is -0.294 e. The van der Waals surface area contributed by atoms with E-state index in [4.69, 9.17) is 0 Å². The zero-order valence-electron chi connectivity index (χ0n) is 9.47. The molecule has 0 aliphatic heterocycles. The fourth-order valence-corrected chi connectivity index (χ4v) is 1.73. The predicted molar refractivity (Wildman–Crippen MR) is 64.4 cm³/mol. The molecule has 0 aromatic carbocycles. The molecule has 3 aromatic rings. The van der Waals surface area contributed by atoms with Crippen LogP contribution < -0.4 is 11.1 Å². The summed E-state index contributed by atoms with van der Waals surface area (Å²) in [6.07, 6.45) is 0. The zero-order valence-corrected chi connectivity index (χ0v) is 9.47. The number of aromatic amines is 2. The third kappa shape index (κ3) is 1.61. The van der Waals surface area contributed by atoms with Crippen LogP contribution in [0.3, 0.4) is 0 Å². The van der Waals surface area contributed by atoms with E-state index in [0.29, 0.717) is 17.0 Å². The Morgan fingerprint density at radius 3 is 2.72 bits per heavy atom. The molecule has 0 unspecified atom stereocenters. The Labute approximate surface area is 100 Å². The minimum absolute atomic E-state index is 0.226. The molecule has 0 saturated heterocycles. The Balaban J connectivity index is 2.27. The molecule has 0 saturated carbocycles. The number of nitrogens with one attached hydrogen (secondary N) is 2. The van der Waals surface area contributed by atoms with Crippen molar-refractivity contribution in [3.05, 3.63) is 50.7 Å². The van der Waals surface area contributed by atoms with Gasteiger partial charge in [0.2, 0.25) is 0 Å². The second-order valence-corrected chi connectivity index (χ2v) is 3.92. The molecule has 3 rings (SSSR count). The van der Waals surface area contributed by atoms with Gasteiger partial charge in [-0.15, -0.1) is 0 Å². The molecule has 3 heterocycles. The van der Waals surface area contributed by atoms with Crippen LogP contribution in [0.2, 0.25) is 0 Å². The highest BCUT2D eigenvalue weighted by Gasteiger charge is 2.07. The van der Waals surface area contributed by atoms with Gasteiger partial charge in [0.15, 0.2) is 5.65 Å². The molecule has 0 spiro atoms. The van der Waals surface area contributed by atoms with Gasteiger partial charge in [0.25, 0.3) is 11.1 Å². The molecule has 0 atom stereocenters. The van der Waals surface area contributed by atoms with Crippen molar-refractivity contribution in [3.8, 4) is 11.4 Å². The lowest BCUT2D eigenvalue weighted by Gasteiger charge is -1.99. The number of aromatic nitrogens is 5. The molecule has 2 N–H and O–H groups in total. The van der Waals surface area contributed by atoms with Gasteiger partial charge in [0.05, 0.1) is 5.69 Å². The molecule has 90 valence electrons. The summed E-state index contributed by atoms with van der Waals surface area (Å²) in [6, 6.07) is 5.99. The van der Waals surface area contributed by atoms with Gasteiger partial charge in [0.1, 0.15) is 5.69 Å². The fraction of sp³-hybridized carbons (Fsp3) is 0.0909. The van der Waals surface area contributed by atoms with Crippen LogP contribution in [0.15, 0.2) is 33.9 Å². The summed E-state index contributed by atoms with van der Waals surface area (Å²) in [5.41, 5.74) is 1.71. The maximum atomic E-state index is 11.8. The molecule has 7 heteroatoms. The number of rotatable bonds is 1. The molecule has 3 aromatic heterocycles. The van der Waals surface area contributed by atoms with Gasteiger partial charge >= 0.3 is 0 Å². The van der Waals surface area contributed by atoms with Crippen molar-refractivity contribution in [2.24, 2.45) is 0 Å². The van der Waals surface area contributed by atoms with Gasteiger partial charge in [-0.2, -0.15) is 5.10 Å². The lowest BCUT2D eigenvalue weighted by atomic mass is 10.3. The SMILES string of the molecule is Cc1cc2nc(-c3ccc(=O)[nH]n3)cc(=O)n2[nH]1. The molecule has 0 aliphatic carbocycles. The van der Waals surface area contributed by atoms with Crippen LogP contribution in [-0.2, 0) is 0 Å². The highest BCUT2D eigenvalue weighted by Crippen LogP contribution is 2.11. The van der Waals surface area contributed by atoms with E-state index in [1.165, 1.54) is 22.7 Å². The van der Waals surface area contributed by atoms with Gasteiger partial charge in [-0.25, -0.2) is 14.6 Å². The summed E-state index contributed by atoms with van der Waals surface area (Å²) in [4.78, 5) is 27.1. The molecular weight excluding hydrogens is 234 g/mol. The molecule has 0 radical (unpaired) electrons. The van der Waals surface area contributed by atoms with Crippen molar-refractivity contribution >= 4 is 5.65 Å². The number of hydrogen-bond donors (Lipinski definition) is 2. The van der Waals surface area contributed by atoms with Crippen molar-refractivity contribution in [2.75, 3.05) is 0 Å². The van der Waals surface area contributed by atoms with Gasteiger partial charge in [-0.3, -0.25) is 14.7 Å². The number of H-pyrrole nitrogens is 2. The van der Waals surface area contributed by atoms with Gasteiger partial charge < -0.3 is 0 Å². The average molecular weight is 243 g/mol. The summed E-state index contributed by atoms with van der Waals surface area (Å²) in [5, 5.41) is 9.03. The van der Waals surface area contributed by atoms with Crippen molar-refractivity contribution in [3.63, 3.8) is 0 Å². The first-order valence-corrected chi connectivity index (χ1v) is 5.29. The Bertz CT molecular complexity index is 822. The summed E-state index contributed by atoms with van der Waals surface area (Å²) >= 11 is 0. The first kappa shape index (κ1) is 10.5. The molecule has 7 nitrogen and oxygen atoms in total. The molecule has 0 aliphatic rings. The van der Waals surface area contributed by atoms with Crippen molar-refractivity contribution in [1.29, 1.82) is 0 Å². The van der Waals surface area contributed by atoms with Crippen LogP contribution in [0.5, 0.6) is 0 Å². The fourth-order valence-electron chi connectivity index (χ4n) is 1.73. The summed E-state index contributed by atoms with van der Waals surface area (Å²) in [5.74, 6) is 0. The molecule has 0 bridgehead atoms. The van der Waals surface area contributed by atoms with Crippen molar-refractivity contribution in [2.45, 2.75) is 6.92 Å². The quantitative estimate of drug-likeness (QED) is 0.632. The number of nitrogens with zero attached hydrogens (tertiary/aromatic N) is 3.